The summed E-state index contributed by atoms with van der Waals surface area (Å²) < 4.78 is 6.20. The number of rotatable bonds is 5. The first-order valence-electron chi connectivity index (χ1n) is 9.35. The highest BCUT2D eigenvalue weighted by Gasteiger charge is 2.19. The molecule has 4 nitrogen and oxygen atoms in total. The van der Waals surface area contributed by atoms with Gasteiger partial charge in [0.2, 0.25) is 0 Å². The van der Waals surface area contributed by atoms with Crippen molar-refractivity contribution in [3.05, 3.63) is 105 Å². The molecule has 3 aromatic carbocycles. The first-order valence-corrected chi connectivity index (χ1v) is 10.1. The van der Waals surface area contributed by atoms with E-state index in [-0.39, 0.29) is 11.3 Å². The van der Waals surface area contributed by atoms with E-state index in [0.717, 1.165) is 21.0 Å². The molecule has 4 rings (SSSR count). The van der Waals surface area contributed by atoms with Crippen molar-refractivity contribution in [2.75, 3.05) is 7.11 Å². The van der Waals surface area contributed by atoms with Gasteiger partial charge >= 0.3 is 0 Å². The summed E-state index contributed by atoms with van der Waals surface area (Å²) >= 11 is 3.49. The normalized spacial score (nSPS) is 11.1. The standard InChI is InChI=1S/C25H18BrNO3/c1-30-22-10-6-5-7-16(22)11-14-21(28)24-23(17-8-3-2-4-9-17)19-15-18(26)12-13-20(19)27-25(24)29/h2-15H,1H3,(H,27,29). The summed E-state index contributed by atoms with van der Waals surface area (Å²) in [7, 11) is 1.58. The Kier molecular flexibility index (Phi) is 5.63. The number of hydrogen-bond acceptors (Lipinski definition) is 3. The van der Waals surface area contributed by atoms with Crippen LogP contribution in [0, 0.1) is 0 Å². The van der Waals surface area contributed by atoms with E-state index in [4.69, 9.17) is 4.74 Å². The van der Waals surface area contributed by atoms with Crippen LogP contribution >= 0.6 is 15.9 Å². The van der Waals surface area contributed by atoms with Gasteiger partial charge in [-0.25, -0.2) is 0 Å². The SMILES string of the molecule is COc1ccccc1C=CC(=O)c1c(-c2ccccc2)c2cc(Br)ccc2[nH]c1=O. The van der Waals surface area contributed by atoms with Gasteiger partial charge < -0.3 is 9.72 Å². The van der Waals surface area contributed by atoms with E-state index in [0.29, 0.717) is 16.8 Å². The second-order valence-electron chi connectivity index (χ2n) is 6.70. The molecule has 0 amide bonds. The van der Waals surface area contributed by atoms with Crippen molar-refractivity contribution in [1.29, 1.82) is 0 Å². The smallest absolute Gasteiger partial charge is 0.260 e. The summed E-state index contributed by atoms with van der Waals surface area (Å²) in [5.74, 6) is 0.282. The third kappa shape index (κ3) is 3.84. The van der Waals surface area contributed by atoms with Crippen LogP contribution in [0.15, 0.2) is 88.1 Å². The molecule has 148 valence electrons. The molecule has 0 unspecified atom stereocenters. The van der Waals surface area contributed by atoms with Gasteiger partial charge in [0.05, 0.1) is 12.7 Å². The molecule has 0 saturated heterocycles. The average Bonchev–Trinajstić information content (AvgIpc) is 2.77. The molecular formula is C25H18BrNO3. The number of carbonyl (C=O) groups excluding carboxylic acids is 1. The lowest BCUT2D eigenvalue weighted by atomic mass is 9.94. The Morgan fingerprint density at radius 2 is 1.73 bits per heavy atom. The minimum absolute atomic E-state index is 0.109. The number of methoxy groups -OCH3 is 1. The van der Waals surface area contributed by atoms with E-state index >= 15 is 0 Å². The van der Waals surface area contributed by atoms with Crippen LogP contribution in [0.1, 0.15) is 15.9 Å². The number of ether oxygens (including phenoxy) is 1. The van der Waals surface area contributed by atoms with Gasteiger partial charge in [0.1, 0.15) is 5.75 Å². The van der Waals surface area contributed by atoms with Crippen molar-refractivity contribution in [2.24, 2.45) is 0 Å². The molecule has 0 saturated carbocycles. The monoisotopic (exact) mass is 459 g/mol. The number of fused-ring (bicyclic) bond motifs is 1. The average molecular weight is 460 g/mol. The van der Waals surface area contributed by atoms with E-state index in [1.807, 2.05) is 72.8 Å². The second kappa shape index (κ2) is 8.51. The van der Waals surface area contributed by atoms with Crippen LogP contribution < -0.4 is 10.3 Å². The Labute approximate surface area is 182 Å². The lowest BCUT2D eigenvalue weighted by molar-refractivity contribution is 0.104. The highest BCUT2D eigenvalue weighted by atomic mass is 79.9. The number of nitrogens with one attached hydrogen (secondary N) is 1. The van der Waals surface area contributed by atoms with Crippen molar-refractivity contribution in [3.63, 3.8) is 0 Å². The summed E-state index contributed by atoms with van der Waals surface area (Å²) in [6.07, 6.45) is 3.08. The van der Waals surface area contributed by atoms with E-state index < -0.39 is 5.56 Å². The lowest BCUT2D eigenvalue weighted by Crippen LogP contribution is -2.18. The van der Waals surface area contributed by atoms with E-state index in [1.165, 1.54) is 6.08 Å². The third-order valence-electron chi connectivity index (χ3n) is 4.84. The highest BCUT2D eigenvalue weighted by molar-refractivity contribution is 9.10. The highest BCUT2D eigenvalue weighted by Crippen LogP contribution is 2.32. The van der Waals surface area contributed by atoms with Gasteiger partial charge in [-0.3, -0.25) is 9.59 Å². The fourth-order valence-corrected chi connectivity index (χ4v) is 3.82. The number of aromatic amines is 1. The van der Waals surface area contributed by atoms with Crippen molar-refractivity contribution < 1.29 is 9.53 Å². The second-order valence-corrected chi connectivity index (χ2v) is 7.62. The number of carbonyl (C=O) groups is 1. The van der Waals surface area contributed by atoms with E-state index in [2.05, 4.69) is 20.9 Å². The molecule has 0 atom stereocenters. The number of aromatic nitrogens is 1. The van der Waals surface area contributed by atoms with Crippen LogP contribution in [0.25, 0.3) is 28.1 Å². The van der Waals surface area contributed by atoms with Crippen molar-refractivity contribution in [3.8, 4) is 16.9 Å². The number of allylic oxidation sites excluding steroid dienone is 1. The summed E-state index contributed by atoms with van der Waals surface area (Å²) in [5.41, 5.74) is 2.55. The Morgan fingerprint density at radius 1 is 1.00 bits per heavy atom. The van der Waals surface area contributed by atoms with Crippen LogP contribution in [-0.2, 0) is 0 Å². The zero-order valence-electron chi connectivity index (χ0n) is 16.2. The van der Waals surface area contributed by atoms with Crippen LogP contribution in [0.5, 0.6) is 5.75 Å². The van der Waals surface area contributed by atoms with Gasteiger partial charge in [-0.2, -0.15) is 0 Å². The maximum Gasteiger partial charge on any atom is 0.260 e. The summed E-state index contributed by atoms with van der Waals surface area (Å²) in [6, 6.07) is 22.5. The molecule has 0 radical (unpaired) electrons. The molecule has 4 aromatic rings. The Morgan fingerprint density at radius 3 is 2.50 bits per heavy atom. The molecule has 0 aliphatic rings. The first-order chi connectivity index (χ1) is 14.6. The molecule has 5 heteroatoms. The van der Waals surface area contributed by atoms with Crippen LogP contribution in [-0.4, -0.2) is 17.9 Å². The number of benzene rings is 3. The van der Waals surface area contributed by atoms with E-state index in [9.17, 15) is 9.59 Å². The number of halogens is 1. The number of pyridine rings is 1. The molecule has 0 bridgehead atoms. The fraction of sp³-hybridized carbons (Fsp3) is 0.0400. The topological polar surface area (TPSA) is 59.2 Å². The molecule has 0 aliphatic heterocycles. The Bertz CT molecular complexity index is 1320. The molecule has 0 spiro atoms. The van der Waals surface area contributed by atoms with Crippen LogP contribution in [0.4, 0.5) is 0 Å². The minimum atomic E-state index is -0.418. The molecule has 0 fully saturated rings. The number of H-pyrrole nitrogens is 1. The summed E-state index contributed by atoms with van der Waals surface area (Å²) in [4.78, 5) is 29.0. The predicted molar refractivity (Wildman–Crippen MR) is 124 cm³/mol. The van der Waals surface area contributed by atoms with Crippen LogP contribution in [0.2, 0.25) is 0 Å². The molecule has 1 aromatic heterocycles. The number of hydrogen-bond donors (Lipinski definition) is 1. The van der Waals surface area contributed by atoms with Gasteiger partial charge in [0, 0.05) is 26.5 Å². The van der Waals surface area contributed by atoms with E-state index in [1.54, 1.807) is 13.2 Å². The van der Waals surface area contributed by atoms with Crippen LogP contribution in [0.3, 0.4) is 0 Å². The summed E-state index contributed by atoms with van der Waals surface area (Å²) in [6.45, 7) is 0. The lowest BCUT2D eigenvalue weighted by Gasteiger charge is -2.12. The zero-order valence-corrected chi connectivity index (χ0v) is 17.8. The van der Waals surface area contributed by atoms with Crippen molar-refractivity contribution >= 4 is 38.7 Å². The van der Waals surface area contributed by atoms with Gasteiger partial charge in [-0.05, 0) is 42.0 Å². The van der Waals surface area contributed by atoms with Gasteiger partial charge in [-0.15, -0.1) is 0 Å². The Balaban J connectivity index is 1.92. The number of ketones is 1. The third-order valence-corrected chi connectivity index (χ3v) is 5.33. The van der Waals surface area contributed by atoms with Gasteiger partial charge in [0.15, 0.2) is 5.78 Å². The van der Waals surface area contributed by atoms with Gasteiger partial charge in [0.25, 0.3) is 5.56 Å². The first kappa shape index (κ1) is 19.9. The maximum absolute atomic E-state index is 13.2. The molecule has 30 heavy (non-hydrogen) atoms. The van der Waals surface area contributed by atoms with Crippen molar-refractivity contribution in [2.45, 2.75) is 0 Å². The molecule has 1 N–H and O–H groups in total. The quantitative estimate of drug-likeness (QED) is 0.300. The predicted octanol–water partition coefficient (Wildman–Crippen LogP) is 5.86. The summed E-state index contributed by atoms with van der Waals surface area (Å²) in [5, 5.41) is 0.796. The molecule has 1 heterocycles. The maximum atomic E-state index is 13.2. The van der Waals surface area contributed by atoms with Gasteiger partial charge in [-0.1, -0.05) is 64.5 Å². The Hall–Kier alpha value is -3.44. The number of para-hydroxylation sites is 1. The van der Waals surface area contributed by atoms with Crippen molar-refractivity contribution in [1.82, 2.24) is 4.98 Å². The molecule has 0 aliphatic carbocycles. The fourth-order valence-electron chi connectivity index (χ4n) is 3.46. The minimum Gasteiger partial charge on any atom is -0.496 e. The zero-order chi connectivity index (χ0) is 21.1. The largest absolute Gasteiger partial charge is 0.496 e. The molecular weight excluding hydrogens is 442 g/mol.